The average Bonchev–Trinajstić information content (AvgIpc) is 3.25. The third-order valence-electron chi connectivity index (χ3n) is 3.23. The molecule has 0 saturated heterocycles. The summed E-state index contributed by atoms with van der Waals surface area (Å²) >= 11 is 2.97. The van der Waals surface area contributed by atoms with Crippen LogP contribution in [0.1, 0.15) is 12.7 Å². The SMILES string of the molecule is CC(SCc1ccco1)C(=O)Nc1nc(-c2ccccc2)cs1. The van der Waals surface area contributed by atoms with Gasteiger partial charge in [-0.15, -0.1) is 23.1 Å². The summed E-state index contributed by atoms with van der Waals surface area (Å²) in [6.45, 7) is 1.88. The van der Waals surface area contributed by atoms with E-state index in [1.165, 1.54) is 23.1 Å². The van der Waals surface area contributed by atoms with Gasteiger partial charge in [0.15, 0.2) is 5.13 Å². The lowest BCUT2D eigenvalue weighted by atomic mass is 10.2. The van der Waals surface area contributed by atoms with Gasteiger partial charge in [0, 0.05) is 10.9 Å². The quantitative estimate of drug-likeness (QED) is 0.706. The number of nitrogens with zero attached hydrogens (tertiary/aromatic N) is 1. The van der Waals surface area contributed by atoms with Crippen LogP contribution in [0.4, 0.5) is 5.13 Å². The Morgan fingerprint density at radius 1 is 1.30 bits per heavy atom. The predicted molar refractivity (Wildman–Crippen MR) is 95.6 cm³/mol. The van der Waals surface area contributed by atoms with Gasteiger partial charge in [0.05, 0.1) is 23.0 Å². The van der Waals surface area contributed by atoms with Crippen molar-refractivity contribution in [3.8, 4) is 11.3 Å². The van der Waals surface area contributed by atoms with E-state index >= 15 is 0 Å². The van der Waals surface area contributed by atoms with E-state index < -0.39 is 0 Å². The van der Waals surface area contributed by atoms with Crippen molar-refractivity contribution in [3.63, 3.8) is 0 Å². The van der Waals surface area contributed by atoms with Crippen LogP contribution in [0.5, 0.6) is 0 Å². The Morgan fingerprint density at radius 3 is 2.87 bits per heavy atom. The minimum atomic E-state index is -0.177. The van der Waals surface area contributed by atoms with Crippen molar-refractivity contribution in [1.29, 1.82) is 0 Å². The highest BCUT2D eigenvalue weighted by molar-refractivity contribution is 7.99. The van der Waals surface area contributed by atoms with Gasteiger partial charge in [-0.3, -0.25) is 4.79 Å². The molecule has 2 heterocycles. The lowest BCUT2D eigenvalue weighted by Crippen LogP contribution is -2.22. The largest absolute Gasteiger partial charge is 0.468 e. The number of aromatic nitrogens is 1. The number of rotatable bonds is 6. The number of hydrogen-bond acceptors (Lipinski definition) is 5. The second-order valence-electron chi connectivity index (χ2n) is 4.93. The minimum Gasteiger partial charge on any atom is -0.468 e. The van der Waals surface area contributed by atoms with Gasteiger partial charge in [0.25, 0.3) is 0 Å². The number of furan rings is 1. The first-order chi connectivity index (χ1) is 11.2. The fraction of sp³-hybridized carbons (Fsp3) is 0.176. The second kappa shape index (κ2) is 7.48. The minimum absolute atomic E-state index is 0.0458. The normalized spacial score (nSPS) is 12.0. The number of thiazole rings is 1. The third kappa shape index (κ3) is 4.24. The molecule has 0 bridgehead atoms. The standard InChI is InChI=1S/C17H16N2O2S2/c1-12(22-10-14-8-5-9-21-14)16(20)19-17-18-15(11-23-17)13-6-3-2-4-7-13/h2-9,11-12H,10H2,1H3,(H,18,19,20). The zero-order chi connectivity index (χ0) is 16.1. The van der Waals surface area contributed by atoms with E-state index in [0.717, 1.165) is 17.0 Å². The predicted octanol–water partition coefficient (Wildman–Crippen LogP) is 4.66. The fourth-order valence-electron chi connectivity index (χ4n) is 1.96. The molecular weight excluding hydrogens is 328 g/mol. The van der Waals surface area contributed by atoms with Crippen molar-refractivity contribution in [3.05, 3.63) is 59.9 Å². The molecule has 0 fully saturated rings. The van der Waals surface area contributed by atoms with Crippen LogP contribution in [-0.4, -0.2) is 16.1 Å². The maximum Gasteiger partial charge on any atom is 0.239 e. The van der Waals surface area contributed by atoms with E-state index in [1.54, 1.807) is 6.26 Å². The molecule has 1 amide bonds. The molecule has 2 aromatic heterocycles. The number of carbonyl (C=O) groups excluding carboxylic acids is 1. The van der Waals surface area contributed by atoms with Gasteiger partial charge in [0.2, 0.25) is 5.91 Å². The highest BCUT2D eigenvalue weighted by Gasteiger charge is 2.16. The van der Waals surface area contributed by atoms with Crippen LogP contribution >= 0.6 is 23.1 Å². The highest BCUT2D eigenvalue weighted by Crippen LogP contribution is 2.25. The number of benzene rings is 1. The van der Waals surface area contributed by atoms with Crippen LogP contribution in [-0.2, 0) is 10.5 Å². The molecule has 0 aliphatic heterocycles. The van der Waals surface area contributed by atoms with Gasteiger partial charge in [0.1, 0.15) is 5.76 Å². The molecule has 1 N–H and O–H groups in total. The maximum atomic E-state index is 12.2. The van der Waals surface area contributed by atoms with Crippen molar-refractivity contribution in [2.75, 3.05) is 5.32 Å². The lowest BCUT2D eigenvalue weighted by molar-refractivity contribution is -0.115. The molecule has 4 nitrogen and oxygen atoms in total. The Kier molecular flexibility index (Phi) is 5.15. The van der Waals surface area contributed by atoms with E-state index in [9.17, 15) is 4.79 Å². The number of hydrogen-bond donors (Lipinski definition) is 1. The number of amides is 1. The molecule has 0 aliphatic carbocycles. The molecule has 3 rings (SSSR count). The summed E-state index contributed by atoms with van der Waals surface area (Å²) in [6, 6.07) is 13.7. The molecular formula is C17H16N2O2S2. The van der Waals surface area contributed by atoms with Gasteiger partial charge in [-0.1, -0.05) is 30.3 Å². The van der Waals surface area contributed by atoms with Crippen molar-refractivity contribution >= 4 is 34.1 Å². The third-order valence-corrected chi connectivity index (χ3v) is 5.15. The molecule has 6 heteroatoms. The second-order valence-corrected chi connectivity index (χ2v) is 7.11. The van der Waals surface area contributed by atoms with Gasteiger partial charge in [-0.2, -0.15) is 0 Å². The summed E-state index contributed by atoms with van der Waals surface area (Å²) < 4.78 is 5.27. The van der Waals surface area contributed by atoms with Crippen molar-refractivity contribution in [1.82, 2.24) is 4.98 Å². The molecule has 0 radical (unpaired) electrons. The fourth-order valence-corrected chi connectivity index (χ4v) is 3.47. The van der Waals surface area contributed by atoms with E-state index in [1.807, 2.05) is 54.8 Å². The van der Waals surface area contributed by atoms with Crippen LogP contribution in [0.2, 0.25) is 0 Å². The Bertz CT molecular complexity index is 754. The lowest BCUT2D eigenvalue weighted by Gasteiger charge is -2.09. The molecule has 3 aromatic rings. The Hall–Kier alpha value is -2.05. The molecule has 1 atom stereocenters. The number of thioether (sulfide) groups is 1. The Balaban J connectivity index is 1.56. The first-order valence-electron chi connectivity index (χ1n) is 7.18. The molecule has 1 aromatic carbocycles. The topological polar surface area (TPSA) is 55.1 Å². The van der Waals surface area contributed by atoms with E-state index in [2.05, 4.69) is 10.3 Å². The number of anilines is 1. The first kappa shape index (κ1) is 15.8. The average molecular weight is 344 g/mol. The molecule has 118 valence electrons. The Morgan fingerprint density at radius 2 is 2.13 bits per heavy atom. The number of carbonyl (C=O) groups is 1. The summed E-state index contributed by atoms with van der Waals surface area (Å²) in [4.78, 5) is 16.7. The monoisotopic (exact) mass is 344 g/mol. The summed E-state index contributed by atoms with van der Waals surface area (Å²) in [5.41, 5.74) is 1.92. The van der Waals surface area contributed by atoms with Crippen molar-refractivity contribution < 1.29 is 9.21 Å². The van der Waals surface area contributed by atoms with Crippen molar-refractivity contribution in [2.24, 2.45) is 0 Å². The molecule has 0 spiro atoms. The van der Waals surface area contributed by atoms with E-state index in [0.29, 0.717) is 10.9 Å². The van der Waals surface area contributed by atoms with Crippen LogP contribution in [0.15, 0.2) is 58.5 Å². The molecule has 0 saturated carbocycles. The van der Waals surface area contributed by atoms with Gasteiger partial charge >= 0.3 is 0 Å². The molecule has 0 aliphatic rings. The maximum absolute atomic E-state index is 12.2. The van der Waals surface area contributed by atoms with Crippen LogP contribution in [0, 0.1) is 0 Å². The molecule has 23 heavy (non-hydrogen) atoms. The summed E-state index contributed by atoms with van der Waals surface area (Å²) in [5, 5.41) is 5.28. The van der Waals surface area contributed by atoms with Crippen LogP contribution < -0.4 is 5.32 Å². The summed E-state index contributed by atoms with van der Waals surface area (Å²) in [6.07, 6.45) is 1.64. The van der Waals surface area contributed by atoms with Gasteiger partial charge in [-0.05, 0) is 19.1 Å². The van der Waals surface area contributed by atoms with Crippen molar-refractivity contribution in [2.45, 2.75) is 17.9 Å². The zero-order valence-corrected chi connectivity index (χ0v) is 14.2. The zero-order valence-electron chi connectivity index (χ0n) is 12.6. The van der Waals surface area contributed by atoms with Gasteiger partial charge in [-0.25, -0.2) is 4.98 Å². The highest BCUT2D eigenvalue weighted by atomic mass is 32.2. The van der Waals surface area contributed by atoms with Crippen LogP contribution in [0.3, 0.4) is 0 Å². The Labute approximate surface area is 142 Å². The van der Waals surface area contributed by atoms with E-state index in [4.69, 9.17) is 4.42 Å². The summed E-state index contributed by atoms with van der Waals surface area (Å²) in [5.74, 6) is 1.50. The first-order valence-corrected chi connectivity index (χ1v) is 9.11. The molecule has 1 unspecified atom stereocenters. The van der Waals surface area contributed by atoms with Gasteiger partial charge < -0.3 is 9.73 Å². The number of nitrogens with one attached hydrogen (secondary N) is 1. The summed E-state index contributed by atoms with van der Waals surface area (Å²) in [7, 11) is 0. The van der Waals surface area contributed by atoms with Crippen LogP contribution in [0.25, 0.3) is 11.3 Å². The smallest absolute Gasteiger partial charge is 0.239 e. The van der Waals surface area contributed by atoms with E-state index in [-0.39, 0.29) is 11.2 Å².